The molecule has 0 atom stereocenters. The van der Waals surface area contributed by atoms with Gasteiger partial charge in [0.25, 0.3) is 5.91 Å². The number of benzene rings is 1. The maximum absolute atomic E-state index is 12.6. The lowest BCUT2D eigenvalue weighted by Crippen LogP contribution is -2.20. The van der Waals surface area contributed by atoms with Crippen molar-refractivity contribution in [2.75, 3.05) is 17.4 Å². The minimum Gasteiger partial charge on any atom is -0.454 e. The number of rotatable bonds is 4. The number of aryl methyl sites for hydroxylation is 1. The summed E-state index contributed by atoms with van der Waals surface area (Å²) in [5, 5.41) is 6.18. The van der Waals surface area contributed by atoms with Crippen LogP contribution in [0.4, 0.5) is 11.6 Å². The summed E-state index contributed by atoms with van der Waals surface area (Å²) in [7, 11) is 0. The van der Waals surface area contributed by atoms with Gasteiger partial charge in [0.15, 0.2) is 11.5 Å². The van der Waals surface area contributed by atoms with E-state index in [0.29, 0.717) is 34.9 Å². The zero-order valence-corrected chi connectivity index (χ0v) is 14.0. The largest absolute Gasteiger partial charge is 0.454 e. The van der Waals surface area contributed by atoms with E-state index >= 15 is 0 Å². The first-order chi connectivity index (χ1) is 12.2. The molecule has 2 aliphatic rings. The summed E-state index contributed by atoms with van der Waals surface area (Å²) in [6, 6.07) is 7.37. The Morgan fingerprint density at radius 1 is 1.12 bits per heavy atom. The first kappa shape index (κ1) is 15.7. The average molecular weight is 340 g/mol. The topological polar surface area (TPSA) is 85.4 Å². The van der Waals surface area contributed by atoms with Crippen LogP contribution < -0.4 is 20.1 Å². The minimum absolute atomic E-state index is 0.202. The predicted octanol–water partition coefficient (Wildman–Crippen LogP) is 3.12. The molecule has 0 saturated heterocycles. The average Bonchev–Trinajstić information content (AvgIpc) is 3.25. The molecule has 130 valence electrons. The molecule has 0 spiro atoms. The zero-order valence-electron chi connectivity index (χ0n) is 14.0. The van der Waals surface area contributed by atoms with Crippen molar-refractivity contribution in [3.8, 4) is 11.5 Å². The second-order valence-corrected chi connectivity index (χ2v) is 6.37. The minimum atomic E-state index is -0.279. The van der Waals surface area contributed by atoms with Crippen LogP contribution >= 0.6 is 0 Å². The molecule has 1 aromatic heterocycles. The van der Waals surface area contributed by atoms with Crippen molar-refractivity contribution in [3.05, 3.63) is 35.7 Å². The van der Waals surface area contributed by atoms with Crippen molar-refractivity contribution in [2.24, 2.45) is 0 Å². The highest BCUT2D eigenvalue weighted by molar-refractivity contribution is 6.03. The summed E-state index contributed by atoms with van der Waals surface area (Å²) < 4.78 is 10.6. The predicted molar refractivity (Wildman–Crippen MR) is 93.2 cm³/mol. The Labute approximate surface area is 145 Å². The van der Waals surface area contributed by atoms with E-state index in [0.717, 1.165) is 18.5 Å². The molecule has 1 aliphatic heterocycles. The molecular formula is C18H20N4O3. The first-order valence-corrected chi connectivity index (χ1v) is 8.50. The SMILES string of the molecule is Cc1cc(C(=O)Nc2ccc3c(c2)OCO3)nc(NC2CCCC2)n1. The molecule has 25 heavy (non-hydrogen) atoms. The van der Waals surface area contributed by atoms with E-state index in [1.807, 2.05) is 6.92 Å². The Morgan fingerprint density at radius 3 is 2.76 bits per heavy atom. The second-order valence-electron chi connectivity index (χ2n) is 6.37. The van der Waals surface area contributed by atoms with Crippen LogP contribution in [0.5, 0.6) is 11.5 Å². The summed E-state index contributed by atoms with van der Waals surface area (Å²) in [6.07, 6.45) is 4.69. The quantitative estimate of drug-likeness (QED) is 0.889. The number of anilines is 2. The van der Waals surface area contributed by atoms with E-state index in [2.05, 4.69) is 20.6 Å². The van der Waals surface area contributed by atoms with Crippen molar-refractivity contribution in [1.82, 2.24) is 9.97 Å². The third-order valence-corrected chi connectivity index (χ3v) is 4.41. The van der Waals surface area contributed by atoms with Crippen molar-refractivity contribution in [2.45, 2.75) is 38.6 Å². The summed E-state index contributed by atoms with van der Waals surface area (Å²) in [5.74, 6) is 1.54. The van der Waals surface area contributed by atoms with Gasteiger partial charge >= 0.3 is 0 Å². The Bertz CT molecular complexity index is 803. The molecule has 4 rings (SSSR count). The van der Waals surface area contributed by atoms with Crippen LogP contribution in [-0.2, 0) is 0 Å². The zero-order chi connectivity index (χ0) is 17.2. The molecule has 2 N–H and O–H groups in total. The van der Waals surface area contributed by atoms with E-state index < -0.39 is 0 Å². The van der Waals surface area contributed by atoms with Gasteiger partial charge in [0.1, 0.15) is 5.69 Å². The van der Waals surface area contributed by atoms with Gasteiger partial charge in [-0.3, -0.25) is 4.79 Å². The van der Waals surface area contributed by atoms with Gasteiger partial charge in [-0.15, -0.1) is 0 Å². The monoisotopic (exact) mass is 340 g/mol. The molecule has 2 aromatic rings. The van der Waals surface area contributed by atoms with Gasteiger partial charge in [-0.2, -0.15) is 0 Å². The lowest BCUT2D eigenvalue weighted by atomic mass is 10.2. The number of nitrogens with zero attached hydrogens (tertiary/aromatic N) is 2. The van der Waals surface area contributed by atoms with Crippen LogP contribution in [0.1, 0.15) is 41.9 Å². The Kier molecular flexibility index (Phi) is 4.13. The van der Waals surface area contributed by atoms with E-state index in [9.17, 15) is 4.79 Å². The smallest absolute Gasteiger partial charge is 0.274 e. The van der Waals surface area contributed by atoms with Gasteiger partial charge in [0.05, 0.1) is 0 Å². The molecule has 2 heterocycles. The van der Waals surface area contributed by atoms with Gasteiger partial charge in [0, 0.05) is 23.5 Å². The van der Waals surface area contributed by atoms with E-state index in [-0.39, 0.29) is 12.7 Å². The third-order valence-electron chi connectivity index (χ3n) is 4.41. The fraction of sp³-hybridized carbons (Fsp3) is 0.389. The second kappa shape index (κ2) is 6.58. The molecule has 0 radical (unpaired) electrons. The standard InChI is InChI=1S/C18H20N4O3/c1-11-8-14(22-18(19-11)21-12-4-2-3-5-12)17(23)20-13-6-7-15-16(9-13)25-10-24-15/h6-9,12H,2-5,10H2,1H3,(H,20,23)(H,19,21,22). The number of nitrogens with one attached hydrogen (secondary N) is 2. The van der Waals surface area contributed by atoms with Gasteiger partial charge in [-0.1, -0.05) is 12.8 Å². The lowest BCUT2D eigenvalue weighted by Gasteiger charge is -2.13. The molecule has 0 bridgehead atoms. The van der Waals surface area contributed by atoms with Crippen LogP contribution in [0.3, 0.4) is 0 Å². The number of aromatic nitrogens is 2. The van der Waals surface area contributed by atoms with Crippen LogP contribution in [-0.4, -0.2) is 28.7 Å². The van der Waals surface area contributed by atoms with Gasteiger partial charge in [-0.05, 0) is 38.0 Å². The summed E-state index contributed by atoms with van der Waals surface area (Å²) in [4.78, 5) is 21.3. The van der Waals surface area contributed by atoms with E-state index in [1.165, 1.54) is 12.8 Å². The molecule has 1 aliphatic carbocycles. The van der Waals surface area contributed by atoms with Crippen LogP contribution in [0, 0.1) is 6.92 Å². The molecule has 1 amide bonds. The first-order valence-electron chi connectivity index (χ1n) is 8.50. The lowest BCUT2D eigenvalue weighted by molar-refractivity contribution is 0.102. The fourth-order valence-electron chi connectivity index (χ4n) is 3.17. The Balaban J connectivity index is 1.50. The Morgan fingerprint density at radius 2 is 1.92 bits per heavy atom. The number of carbonyl (C=O) groups excluding carboxylic acids is 1. The third kappa shape index (κ3) is 3.50. The van der Waals surface area contributed by atoms with E-state index in [4.69, 9.17) is 9.47 Å². The molecule has 7 heteroatoms. The molecule has 7 nitrogen and oxygen atoms in total. The number of fused-ring (bicyclic) bond motifs is 1. The molecular weight excluding hydrogens is 320 g/mol. The number of hydrogen-bond donors (Lipinski definition) is 2. The van der Waals surface area contributed by atoms with Gasteiger partial charge < -0.3 is 20.1 Å². The van der Waals surface area contributed by atoms with Crippen molar-refractivity contribution in [1.29, 1.82) is 0 Å². The molecule has 1 fully saturated rings. The molecule has 1 aromatic carbocycles. The summed E-state index contributed by atoms with van der Waals surface area (Å²) >= 11 is 0. The number of amides is 1. The van der Waals surface area contributed by atoms with Gasteiger partial charge in [-0.25, -0.2) is 9.97 Å². The van der Waals surface area contributed by atoms with Crippen LogP contribution in [0.2, 0.25) is 0 Å². The van der Waals surface area contributed by atoms with Crippen LogP contribution in [0.15, 0.2) is 24.3 Å². The molecule has 1 saturated carbocycles. The van der Waals surface area contributed by atoms with E-state index in [1.54, 1.807) is 24.3 Å². The van der Waals surface area contributed by atoms with Crippen LogP contribution in [0.25, 0.3) is 0 Å². The molecule has 0 unspecified atom stereocenters. The number of hydrogen-bond acceptors (Lipinski definition) is 6. The maximum atomic E-state index is 12.6. The Hall–Kier alpha value is -2.83. The van der Waals surface area contributed by atoms with Crippen molar-refractivity contribution in [3.63, 3.8) is 0 Å². The van der Waals surface area contributed by atoms with Gasteiger partial charge in [0.2, 0.25) is 12.7 Å². The summed E-state index contributed by atoms with van der Waals surface area (Å²) in [6.45, 7) is 2.06. The fourth-order valence-corrected chi connectivity index (χ4v) is 3.17. The maximum Gasteiger partial charge on any atom is 0.274 e. The number of ether oxygens (including phenoxy) is 2. The number of carbonyl (C=O) groups is 1. The van der Waals surface area contributed by atoms with Crippen molar-refractivity contribution >= 4 is 17.5 Å². The highest BCUT2D eigenvalue weighted by Crippen LogP contribution is 2.34. The summed E-state index contributed by atoms with van der Waals surface area (Å²) in [5.41, 5.74) is 1.73. The normalized spacial score (nSPS) is 16.0. The van der Waals surface area contributed by atoms with Crippen molar-refractivity contribution < 1.29 is 14.3 Å². The highest BCUT2D eigenvalue weighted by atomic mass is 16.7. The highest BCUT2D eigenvalue weighted by Gasteiger charge is 2.18.